The molecule has 3 saturated heterocycles. The number of hydrogen-bond donors (Lipinski definition) is 0. The van der Waals surface area contributed by atoms with E-state index in [1.54, 1.807) is 0 Å². The minimum atomic E-state index is 0.0442. The summed E-state index contributed by atoms with van der Waals surface area (Å²) in [6.07, 6.45) is 3.53. The van der Waals surface area contributed by atoms with E-state index in [-0.39, 0.29) is 6.10 Å². The van der Waals surface area contributed by atoms with Gasteiger partial charge in [-0.3, -0.25) is 0 Å². The summed E-state index contributed by atoms with van der Waals surface area (Å²) in [5.41, 5.74) is 4.09. The molecule has 0 aliphatic carbocycles. The SMILES string of the molecule is C[N+]1(C)C2CC(OC3c4ccccc4CSc4ccccc43)CC1[C@@H]1O[C@H]21. The van der Waals surface area contributed by atoms with Gasteiger partial charge in [-0.15, -0.1) is 11.8 Å². The highest BCUT2D eigenvalue weighted by atomic mass is 32.2. The number of fused-ring (bicyclic) bond motifs is 7. The van der Waals surface area contributed by atoms with Crippen molar-refractivity contribution in [2.45, 2.75) is 60.0 Å². The lowest BCUT2D eigenvalue weighted by Gasteiger charge is -2.46. The van der Waals surface area contributed by atoms with Crippen LogP contribution in [0.3, 0.4) is 0 Å². The average Bonchev–Trinajstić information content (AvgIpc) is 3.44. The summed E-state index contributed by atoms with van der Waals surface area (Å²) in [5.74, 6) is 1.02. The fraction of sp³-hybridized carbons (Fsp3) is 0.478. The molecule has 27 heavy (non-hydrogen) atoms. The van der Waals surface area contributed by atoms with Crippen molar-refractivity contribution in [1.29, 1.82) is 0 Å². The molecule has 0 amide bonds. The van der Waals surface area contributed by atoms with Gasteiger partial charge in [0.05, 0.1) is 20.2 Å². The number of benzene rings is 2. The molecule has 2 aromatic carbocycles. The second-order valence-electron chi connectivity index (χ2n) is 8.96. The Hall–Kier alpha value is -1.33. The number of epoxide rings is 1. The van der Waals surface area contributed by atoms with Crippen LogP contribution in [0, 0.1) is 0 Å². The molecule has 0 radical (unpaired) electrons. The Morgan fingerprint density at radius 2 is 1.59 bits per heavy atom. The first-order valence-corrected chi connectivity index (χ1v) is 11.1. The molecule has 0 saturated carbocycles. The molecule has 4 unspecified atom stereocenters. The van der Waals surface area contributed by atoms with Gasteiger partial charge in [-0.2, -0.15) is 0 Å². The van der Waals surface area contributed by atoms with E-state index in [0.717, 1.165) is 23.1 Å². The van der Waals surface area contributed by atoms with Crippen LogP contribution in [0.5, 0.6) is 0 Å². The van der Waals surface area contributed by atoms with Crippen molar-refractivity contribution in [2.24, 2.45) is 0 Å². The molecule has 0 aromatic heterocycles. The normalized spacial score (nSPS) is 37.7. The Morgan fingerprint density at radius 1 is 0.926 bits per heavy atom. The van der Waals surface area contributed by atoms with Crippen molar-refractivity contribution in [2.75, 3.05) is 14.1 Å². The number of quaternary nitrogens is 1. The summed E-state index contributed by atoms with van der Waals surface area (Å²) in [4.78, 5) is 1.36. The molecular formula is C23H26NO2S+. The Labute approximate surface area is 165 Å². The van der Waals surface area contributed by atoms with Gasteiger partial charge in [-0.25, -0.2) is 0 Å². The van der Waals surface area contributed by atoms with Crippen LogP contribution >= 0.6 is 11.8 Å². The predicted molar refractivity (Wildman–Crippen MR) is 107 cm³/mol. The zero-order valence-corrected chi connectivity index (χ0v) is 16.7. The standard InChI is InChI=1S/C23H26NO2S/c1-24(2)18-11-15(12-19(24)23-22(18)26-23)25-21-16-8-4-3-7-14(16)13-27-20-10-6-5-9-17(20)21/h3-10,15,18-19,21-23H,11-13H2,1-2H3/q+1/t15?,18?,19?,21?,22-,23+. The first-order valence-electron chi connectivity index (χ1n) is 10.1. The number of morpholine rings is 1. The minimum Gasteiger partial charge on any atom is -0.365 e. The number of hydrogen-bond acceptors (Lipinski definition) is 3. The van der Waals surface area contributed by atoms with Gasteiger partial charge in [-0.05, 0) is 22.8 Å². The first kappa shape index (κ1) is 16.6. The zero-order chi connectivity index (χ0) is 18.2. The Kier molecular flexibility index (Phi) is 3.59. The molecular weight excluding hydrogens is 354 g/mol. The van der Waals surface area contributed by atoms with Crippen LogP contribution in [0.25, 0.3) is 0 Å². The summed E-state index contributed by atoms with van der Waals surface area (Å²) in [5, 5.41) is 0. The van der Waals surface area contributed by atoms with Crippen LogP contribution in [-0.2, 0) is 15.2 Å². The molecule has 6 rings (SSSR count). The Bertz CT molecular complexity index is 830. The molecule has 0 spiro atoms. The topological polar surface area (TPSA) is 21.8 Å². The fourth-order valence-electron chi connectivity index (χ4n) is 5.73. The summed E-state index contributed by atoms with van der Waals surface area (Å²) >= 11 is 1.94. The maximum absolute atomic E-state index is 6.93. The number of likely N-dealkylation sites (N-methyl/N-ethyl adjacent to an activating group) is 1. The van der Waals surface area contributed by atoms with Gasteiger partial charge in [0.2, 0.25) is 0 Å². The van der Waals surface area contributed by atoms with Gasteiger partial charge in [-0.1, -0.05) is 42.5 Å². The van der Waals surface area contributed by atoms with Crippen LogP contribution in [0.15, 0.2) is 53.4 Å². The second-order valence-corrected chi connectivity index (χ2v) is 9.98. The zero-order valence-electron chi connectivity index (χ0n) is 15.9. The van der Waals surface area contributed by atoms with E-state index < -0.39 is 0 Å². The van der Waals surface area contributed by atoms with Crippen LogP contribution < -0.4 is 0 Å². The molecule has 3 fully saturated rings. The maximum atomic E-state index is 6.93. The monoisotopic (exact) mass is 380 g/mol. The molecule has 4 heterocycles. The highest BCUT2D eigenvalue weighted by molar-refractivity contribution is 7.98. The van der Waals surface area contributed by atoms with Gasteiger partial charge in [0.25, 0.3) is 0 Å². The van der Waals surface area contributed by atoms with Crippen LogP contribution in [0.4, 0.5) is 0 Å². The molecule has 0 N–H and O–H groups in total. The summed E-state index contributed by atoms with van der Waals surface area (Å²) < 4.78 is 14.0. The van der Waals surface area contributed by atoms with Crippen molar-refractivity contribution in [3.8, 4) is 0 Å². The molecule has 4 aliphatic heterocycles. The van der Waals surface area contributed by atoms with Crippen LogP contribution in [-0.4, -0.2) is 49.0 Å². The molecule has 4 heteroatoms. The number of piperidine rings is 1. The van der Waals surface area contributed by atoms with Crippen molar-refractivity contribution < 1.29 is 14.0 Å². The first-order chi connectivity index (χ1) is 13.1. The smallest absolute Gasteiger partial charge is 0.142 e. The third-order valence-electron chi connectivity index (χ3n) is 7.29. The Morgan fingerprint density at radius 3 is 2.37 bits per heavy atom. The van der Waals surface area contributed by atoms with Gasteiger partial charge in [0.15, 0.2) is 0 Å². The number of rotatable bonds is 2. The minimum absolute atomic E-state index is 0.0442. The van der Waals surface area contributed by atoms with E-state index in [4.69, 9.17) is 9.47 Å². The van der Waals surface area contributed by atoms with Gasteiger partial charge >= 0.3 is 0 Å². The van der Waals surface area contributed by atoms with Crippen molar-refractivity contribution in [3.63, 3.8) is 0 Å². The van der Waals surface area contributed by atoms with Gasteiger partial charge in [0.1, 0.15) is 30.4 Å². The summed E-state index contributed by atoms with van der Waals surface area (Å²) in [6, 6.07) is 18.8. The molecule has 4 aliphatic rings. The molecule has 2 aromatic rings. The molecule has 140 valence electrons. The number of thioether (sulfide) groups is 1. The predicted octanol–water partition coefficient (Wildman–Crippen LogP) is 4.16. The lowest BCUT2D eigenvalue weighted by atomic mass is 9.94. The molecule has 2 bridgehead atoms. The van der Waals surface area contributed by atoms with Gasteiger partial charge < -0.3 is 14.0 Å². The lowest BCUT2D eigenvalue weighted by molar-refractivity contribution is -0.938. The number of nitrogens with zero attached hydrogens (tertiary/aromatic N) is 1. The highest BCUT2D eigenvalue weighted by Crippen LogP contribution is 2.53. The largest absolute Gasteiger partial charge is 0.365 e. The van der Waals surface area contributed by atoms with E-state index in [1.807, 2.05) is 11.8 Å². The third kappa shape index (κ3) is 2.47. The van der Waals surface area contributed by atoms with E-state index in [1.165, 1.54) is 21.6 Å². The average molecular weight is 381 g/mol. The maximum Gasteiger partial charge on any atom is 0.142 e. The van der Waals surface area contributed by atoms with Crippen molar-refractivity contribution >= 4 is 11.8 Å². The van der Waals surface area contributed by atoms with E-state index in [2.05, 4.69) is 62.6 Å². The lowest BCUT2D eigenvalue weighted by Crippen LogP contribution is -2.59. The van der Waals surface area contributed by atoms with Crippen LogP contribution in [0.1, 0.15) is 35.6 Å². The second kappa shape index (κ2) is 5.84. The van der Waals surface area contributed by atoms with Crippen molar-refractivity contribution in [3.05, 3.63) is 65.2 Å². The summed E-state index contributed by atoms with van der Waals surface area (Å²) in [6.45, 7) is 0. The highest BCUT2D eigenvalue weighted by Gasteiger charge is 2.70. The van der Waals surface area contributed by atoms with E-state index in [9.17, 15) is 0 Å². The molecule has 6 atom stereocenters. The quantitative estimate of drug-likeness (QED) is 0.577. The Balaban J connectivity index is 1.35. The number of ether oxygens (including phenoxy) is 2. The summed E-state index contributed by atoms with van der Waals surface area (Å²) in [7, 11) is 4.77. The molecule has 3 nitrogen and oxygen atoms in total. The fourth-order valence-corrected chi connectivity index (χ4v) is 6.82. The van der Waals surface area contributed by atoms with E-state index >= 15 is 0 Å². The van der Waals surface area contributed by atoms with Crippen LogP contribution in [0.2, 0.25) is 0 Å². The third-order valence-corrected chi connectivity index (χ3v) is 8.43. The van der Waals surface area contributed by atoms with E-state index in [0.29, 0.717) is 30.4 Å². The van der Waals surface area contributed by atoms with Crippen molar-refractivity contribution in [1.82, 2.24) is 0 Å². The van der Waals surface area contributed by atoms with Gasteiger partial charge in [0, 0.05) is 23.5 Å².